The summed E-state index contributed by atoms with van der Waals surface area (Å²) in [6.45, 7) is 2.77. The Labute approximate surface area is 165 Å². The van der Waals surface area contributed by atoms with Crippen molar-refractivity contribution in [2.45, 2.75) is 37.0 Å². The van der Waals surface area contributed by atoms with Crippen LogP contribution in [0.15, 0.2) is 41.3 Å². The maximum atomic E-state index is 13.0. The zero-order valence-electron chi connectivity index (χ0n) is 15.6. The maximum absolute atomic E-state index is 13.0. The number of fused-ring (bicyclic) bond motifs is 1. The Bertz CT molecular complexity index is 994. The van der Waals surface area contributed by atoms with Gasteiger partial charge < -0.3 is 20.7 Å². The highest BCUT2D eigenvalue weighted by molar-refractivity contribution is 7.90. The summed E-state index contributed by atoms with van der Waals surface area (Å²) in [5.41, 5.74) is 8.55. The van der Waals surface area contributed by atoms with Crippen molar-refractivity contribution in [3.63, 3.8) is 0 Å². The van der Waals surface area contributed by atoms with Crippen molar-refractivity contribution in [3.8, 4) is 0 Å². The number of carbonyl (C=O) groups is 1. The van der Waals surface area contributed by atoms with Crippen LogP contribution in [0.2, 0.25) is 0 Å². The quantitative estimate of drug-likeness (QED) is 0.459. The number of rotatable bonds is 7. The predicted octanol–water partition coefficient (Wildman–Crippen LogP) is 0.529. The second-order valence-corrected chi connectivity index (χ2v) is 8.81. The van der Waals surface area contributed by atoms with Gasteiger partial charge in [0, 0.05) is 12.2 Å². The lowest BCUT2D eigenvalue weighted by molar-refractivity contribution is -0.120. The molecule has 0 saturated heterocycles. The molecule has 9 heteroatoms. The van der Waals surface area contributed by atoms with Crippen LogP contribution in [0.5, 0.6) is 0 Å². The predicted molar refractivity (Wildman–Crippen MR) is 108 cm³/mol. The van der Waals surface area contributed by atoms with Gasteiger partial charge in [0.1, 0.15) is 0 Å². The first-order valence-electron chi connectivity index (χ1n) is 9.09. The molecule has 1 heterocycles. The van der Waals surface area contributed by atoms with E-state index in [0.717, 1.165) is 12.0 Å². The molecule has 2 aromatic carbocycles. The first kappa shape index (κ1) is 20.4. The van der Waals surface area contributed by atoms with Gasteiger partial charge in [0.05, 0.1) is 23.7 Å². The first-order chi connectivity index (χ1) is 13.3. The lowest BCUT2D eigenvalue weighted by atomic mass is 9.79. The van der Waals surface area contributed by atoms with E-state index in [4.69, 9.17) is 10.4 Å². The van der Waals surface area contributed by atoms with E-state index in [1.807, 2.05) is 6.92 Å². The molecule has 148 valence electrons. The SMILES string of the molecule is CCCNC(=O)Cc1cc(N)ccc1S(=O)(=O)Cc1ccc2c(c1)B(O)OC2. The molecule has 0 aromatic heterocycles. The zero-order chi connectivity index (χ0) is 20.3. The van der Waals surface area contributed by atoms with Crippen LogP contribution in [0.4, 0.5) is 5.69 Å². The minimum atomic E-state index is -3.72. The molecule has 0 unspecified atom stereocenters. The van der Waals surface area contributed by atoms with Crippen LogP contribution in [0, 0.1) is 0 Å². The van der Waals surface area contributed by atoms with Crippen LogP contribution in [-0.4, -0.2) is 33.0 Å². The highest BCUT2D eigenvalue weighted by Crippen LogP contribution is 2.24. The zero-order valence-corrected chi connectivity index (χ0v) is 16.5. The molecular formula is C19H23BN2O5S. The summed E-state index contributed by atoms with van der Waals surface area (Å²) in [7, 11) is -4.75. The number of nitrogens with two attached hydrogens (primary N) is 1. The molecule has 2 aromatic rings. The summed E-state index contributed by atoms with van der Waals surface area (Å²) in [6, 6.07) is 9.61. The molecule has 1 amide bonds. The molecule has 3 rings (SSSR count). The highest BCUT2D eigenvalue weighted by atomic mass is 32.2. The number of hydrogen-bond donors (Lipinski definition) is 3. The van der Waals surface area contributed by atoms with E-state index in [0.29, 0.717) is 35.4 Å². The average molecular weight is 402 g/mol. The molecule has 0 aliphatic carbocycles. The molecule has 0 radical (unpaired) electrons. The van der Waals surface area contributed by atoms with E-state index in [2.05, 4.69) is 5.32 Å². The van der Waals surface area contributed by atoms with Gasteiger partial charge in [0.25, 0.3) is 0 Å². The van der Waals surface area contributed by atoms with Gasteiger partial charge in [0.15, 0.2) is 9.84 Å². The number of anilines is 1. The molecule has 0 fully saturated rings. The highest BCUT2D eigenvalue weighted by Gasteiger charge is 2.28. The smallest absolute Gasteiger partial charge is 0.423 e. The van der Waals surface area contributed by atoms with E-state index >= 15 is 0 Å². The van der Waals surface area contributed by atoms with Gasteiger partial charge in [-0.25, -0.2) is 8.42 Å². The van der Waals surface area contributed by atoms with Gasteiger partial charge in [-0.2, -0.15) is 0 Å². The van der Waals surface area contributed by atoms with E-state index in [9.17, 15) is 18.2 Å². The Kier molecular flexibility index (Phi) is 6.07. The summed E-state index contributed by atoms with van der Waals surface area (Å²) < 4.78 is 31.2. The largest absolute Gasteiger partial charge is 0.491 e. The topological polar surface area (TPSA) is 119 Å². The van der Waals surface area contributed by atoms with Crippen molar-refractivity contribution in [2.24, 2.45) is 0 Å². The summed E-state index contributed by atoms with van der Waals surface area (Å²) in [5, 5.41) is 12.6. The molecule has 0 atom stereocenters. The third-order valence-corrected chi connectivity index (χ3v) is 6.35. The minimum absolute atomic E-state index is 0.0592. The second-order valence-electron chi connectivity index (χ2n) is 6.85. The molecule has 4 N–H and O–H groups in total. The van der Waals surface area contributed by atoms with Gasteiger partial charge in [-0.05, 0) is 46.8 Å². The minimum Gasteiger partial charge on any atom is -0.423 e. The number of hydrogen-bond acceptors (Lipinski definition) is 6. The van der Waals surface area contributed by atoms with Crippen LogP contribution in [0.1, 0.15) is 30.0 Å². The third-order valence-electron chi connectivity index (χ3n) is 4.57. The van der Waals surface area contributed by atoms with Gasteiger partial charge in [-0.3, -0.25) is 4.79 Å². The molecule has 0 bridgehead atoms. The van der Waals surface area contributed by atoms with Gasteiger partial charge in [-0.15, -0.1) is 0 Å². The Morgan fingerprint density at radius 1 is 1.29 bits per heavy atom. The van der Waals surface area contributed by atoms with Crippen molar-refractivity contribution in [2.75, 3.05) is 12.3 Å². The molecule has 7 nitrogen and oxygen atoms in total. The number of carbonyl (C=O) groups excluding carboxylic acids is 1. The fourth-order valence-electron chi connectivity index (χ4n) is 3.19. The van der Waals surface area contributed by atoms with Crippen LogP contribution in [-0.2, 0) is 38.1 Å². The summed E-state index contributed by atoms with van der Waals surface area (Å²) in [6.07, 6.45) is 0.734. The van der Waals surface area contributed by atoms with Crippen molar-refractivity contribution >= 4 is 34.0 Å². The fourth-order valence-corrected chi connectivity index (χ4v) is 4.77. The number of nitrogens with one attached hydrogen (secondary N) is 1. The van der Waals surface area contributed by atoms with Gasteiger partial charge in [-0.1, -0.05) is 25.1 Å². The Morgan fingerprint density at radius 2 is 2.07 bits per heavy atom. The lowest BCUT2D eigenvalue weighted by Crippen LogP contribution is -2.28. The van der Waals surface area contributed by atoms with Crippen LogP contribution >= 0.6 is 0 Å². The number of nitrogen functional groups attached to an aromatic ring is 1. The monoisotopic (exact) mass is 402 g/mol. The van der Waals surface area contributed by atoms with Crippen LogP contribution in [0.25, 0.3) is 0 Å². The van der Waals surface area contributed by atoms with Crippen molar-refractivity contribution in [1.29, 1.82) is 0 Å². The third kappa shape index (κ3) is 4.55. The Hall–Kier alpha value is -2.36. The van der Waals surface area contributed by atoms with Crippen molar-refractivity contribution in [3.05, 3.63) is 53.1 Å². The molecule has 1 aliphatic heterocycles. The normalized spacial score (nSPS) is 13.4. The van der Waals surface area contributed by atoms with Crippen LogP contribution in [0.3, 0.4) is 0 Å². The average Bonchev–Trinajstić information content (AvgIpc) is 3.00. The molecule has 0 saturated carbocycles. The van der Waals surface area contributed by atoms with Crippen molar-refractivity contribution in [1.82, 2.24) is 5.32 Å². The summed E-state index contributed by atoms with van der Waals surface area (Å²) in [5.74, 6) is -0.498. The van der Waals surface area contributed by atoms with E-state index in [1.54, 1.807) is 18.2 Å². The second kappa shape index (κ2) is 8.34. The molecule has 1 aliphatic rings. The Morgan fingerprint density at radius 3 is 2.82 bits per heavy atom. The van der Waals surface area contributed by atoms with Crippen molar-refractivity contribution < 1.29 is 22.9 Å². The number of amides is 1. The van der Waals surface area contributed by atoms with Gasteiger partial charge in [0.2, 0.25) is 5.91 Å². The Balaban J connectivity index is 1.87. The number of benzene rings is 2. The molecule has 0 spiro atoms. The van der Waals surface area contributed by atoms with E-state index < -0.39 is 17.0 Å². The van der Waals surface area contributed by atoms with E-state index in [-0.39, 0.29) is 23.0 Å². The number of sulfone groups is 1. The first-order valence-corrected chi connectivity index (χ1v) is 10.7. The lowest BCUT2D eigenvalue weighted by Gasteiger charge is -2.12. The molecule has 28 heavy (non-hydrogen) atoms. The molecular weight excluding hydrogens is 379 g/mol. The summed E-state index contributed by atoms with van der Waals surface area (Å²) in [4.78, 5) is 12.2. The van der Waals surface area contributed by atoms with Crippen LogP contribution < -0.4 is 16.5 Å². The van der Waals surface area contributed by atoms with Gasteiger partial charge >= 0.3 is 7.12 Å². The maximum Gasteiger partial charge on any atom is 0.491 e. The van der Waals surface area contributed by atoms with E-state index in [1.165, 1.54) is 18.2 Å². The summed E-state index contributed by atoms with van der Waals surface area (Å²) >= 11 is 0. The fraction of sp³-hybridized carbons (Fsp3) is 0.316. The standard InChI is InChI=1S/C19H23BN2O5S/c1-2-7-22-19(23)10-15-9-16(21)5-6-18(15)28(25,26)12-13-3-4-14-11-27-20(24)17(14)8-13/h3-6,8-9,24H,2,7,10-12,21H2,1H3,(H,22,23).